The molecule has 7 nitrogen and oxygen atoms in total. The van der Waals surface area contributed by atoms with Crippen LogP contribution in [0.3, 0.4) is 0 Å². The molecule has 2 N–H and O–H groups in total. The molecule has 3 aliphatic carbocycles. The van der Waals surface area contributed by atoms with Crippen molar-refractivity contribution in [3.05, 3.63) is 41.3 Å². The fraction of sp³-hybridized carbons (Fsp3) is 0.560. The van der Waals surface area contributed by atoms with E-state index in [0.29, 0.717) is 35.7 Å². The van der Waals surface area contributed by atoms with E-state index in [4.69, 9.17) is 4.74 Å². The summed E-state index contributed by atoms with van der Waals surface area (Å²) in [7, 11) is 0. The van der Waals surface area contributed by atoms with Crippen molar-refractivity contribution in [1.29, 1.82) is 0 Å². The largest absolute Gasteiger partial charge is 0.478 e. The summed E-state index contributed by atoms with van der Waals surface area (Å²) in [5.41, 5.74) is 2.40. The molecule has 0 bridgehead atoms. The average molecular weight is 437 g/mol. The zero-order valence-corrected chi connectivity index (χ0v) is 18.6. The van der Waals surface area contributed by atoms with Crippen molar-refractivity contribution in [3.8, 4) is 5.88 Å². The summed E-state index contributed by atoms with van der Waals surface area (Å²) in [5, 5.41) is 2.84. The van der Waals surface area contributed by atoms with E-state index in [0.717, 1.165) is 43.3 Å². The number of nitrogens with zero attached hydrogens (tertiary/aromatic N) is 2. The van der Waals surface area contributed by atoms with E-state index < -0.39 is 0 Å². The second kappa shape index (κ2) is 9.45. The second-order valence-electron chi connectivity index (χ2n) is 9.52. The van der Waals surface area contributed by atoms with Gasteiger partial charge in [-0.2, -0.15) is 0 Å². The molecule has 0 radical (unpaired) electrons. The number of anilines is 1. The minimum atomic E-state index is -0.292. The Kier molecular flexibility index (Phi) is 6.26. The monoisotopic (exact) mass is 436 g/mol. The smallest absolute Gasteiger partial charge is 0.257 e. The number of aromatic nitrogens is 2. The topological polar surface area (TPSA) is 87.3 Å². The first-order valence-corrected chi connectivity index (χ1v) is 12.0. The van der Waals surface area contributed by atoms with Crippen LogP contribution in [0.4, 0.5) is 5.69 Å². The normalized spacial score (nSPS) is 18.0. The molecule has 0 unspecified atom stereocenters. The maximum Gasteiger partial charge on any atom is 0.257 e. The van der Waals surface area contributed by atoms with E-state index in [1.54, 1.807) is 24.5 Å². The highest BCUT2D eigenvalue weighted by molar-refractivity contribution is 6.13. The first-order valence-electron chi connectivity index (χ1n) is 12.0. The Balaban J connectivity index is 1.08. The highest BCUT2D eigenvalue weighted by Crippen LogP contribution is 2.33. The lowest BCUT2D eigenvalue weighted by molar-refractivity contribution is 0.0956. The number of amides is 1. The molecule has 0 saturated heterocycles. The fourth-order valence-corrected chi connectivity index (χ4v) is 4.50. The quantitative estimate of drug-likeness (QED) is 0.519. The molecule has 0 aromatic carbocycles. The van der Waals surface area contributed by atoms with Gasteiger partial charge in [0.1, 0.15) is 0 Å². The van der Waals surface area contributed by atoms with Crippen molar-refractivity contribution in [2.24, 2.45) is 11.8 Å². The summed E-state index contributed by atoms with van der Waals surface area (Å²) in [4.78, 5) is 34.9. The van der Waals surface area contributed by atoms with Gasteiger partial charge >= 0.3 is 0 Å². The van der Waals surface area contributed by atoms with Crippen molar-refractivity contribution in [2.75, 3.05) is 31.6 Å². The average Bonchev–Trinajstić information content (AvgIpc) is 3.72. The molecule has 3 aliphatic rings. The number of ketones is 1. The minimum absolute atomic E-state index is 0.0346. The number of aromatic amines is 1. The molecule has 0 atom stereocenters. The molecule has 2 saturated carbocycles. The summed E-state index contributed by atoms with van der Waals surface area (Å²) in [6.07, 6.45) is 11.9. The summed E-state index contributed by atoms with van der Waals surface area (Å²) >= 11 is 0. The SMILES string of the molecule is O=C(Nc1ccc(OCCCN(CC2CC2)CC2CC2)nc1)c1c[nH]c2c1C(=O)CCC2. The van der Waals surface area contributed by atoms with E-state index in [9.17, 15) is 9.59 Å². The number of rotatable bonds is 11. The number of carbonyl (C=O) groups is 2. The molecule has 2 aromatic rings. The van der Waals surface area contributed by atoms with Gasteiger partial charge in [-0.1, -0.05) is 0 Å². The lowest BCUT2D eigenvalue weighted by Crippen LogP contribution is -2.30. The Hall–Kier alpha value is -2.67. The zero-order valence-electron chi connectivity index (χ0n) is 18.6. The van der Waals surface area contributed by atoms with Gasteiger partial charge in [-0.05, 0) is 62.8 Å². The lowest BCUT2D eigenvalue weighted by Gasteiger charge is -2.22. The van der Waals surface area contributed by atoms with Crippen molar-refractivity contribution in [3.63, 3.8) is 0 Å². The van der Waals surface area contributed by atoms with Gasteiger partial charge in [-0.3, -0.25) is 9.59 Å². The van der Waals surface area contributed by atoms with Crippen LogP contribution in [0, 0.1) is 11.8 Å². The third kappa shape index (κ3) is 5.38. The van der Waals surface area contributed by atoms with Crippen LogP contribution in [0.15, 0.2) is 24.5 Å². The number of H-pyrrole nitrogens is 1. The summed E-state index contributed by atoms with van der Waals surface area (Å²) in [5.74, 6) is 2.16. The highest BCUT2D eigenvalue weighted by Gasteiger charge is 2.29. The molecule has 2 heterocycles. The van der Waals surface area contributed by atoms with Gasteiger partial charge < -0.3 is 19.9 Å². The summed E-state index contributed by atoms with van der Waals surface area (Å²) < 4.78 is 5.82. The Bertz CT molecular complexity index is 946. The molecule has 2 aromatic heterocycles. The van der Waals surface area contributed by atoms with Gasteiger partial charge in [0.25, 0.3) is 5.91 Å². The van der Waals surface area contributed by atoms with Gasteiger partial charge in [0.15, 0.2) is 5.78 Å². The molecule has 0 spiro atoms. The van der Waals surface area contributed by atoms with E-state index in [1.807, 2.05) is 0 Å². The number of hydrogen-bond acceptors (Lipinski definition) is 5. The van der Waals surface area contributed by atoms with Gasteiger partial charge in [0.05, 0.1) is 29.6 Å². The Labute approximate surface area is 188 Å². The molecule has 32 heavy (non-hydrogen) atoms. The molecular weight excluding hydrogens is 404 g/mol. The standard InChI is InChI=1S/C25H32N4O3/c30-22-4-1-3-21-24(22)20(14-26-21)25(31)28-19-9-10-23(27-13-19)32-12-2-11-29(15-17-5-6-17)16-18-7-8-18/h9-10,13-14,17-18,26H,1-8,11-12,15-16H2,(H,28,31). The molecule has 5 rings (SSSR count). The Morgan fingerprint density at radius 3 is 2.62 bits per heavy atom. The second-order valence-corrected chi connectivity index (χ2v) is 9.52. The third-order valence-electron chi connectivity index (χ3n) is 6.61. The number of aryl methyl sites for hydroxylation is 1. The van der Waals surface area contributed by atoms with Gasteiger partial charge in [0.2, 0.25) is 5.88 Å². The lowest BCUT2D eigenvalue weighted by atomic mass is 9.93. The number of ether oxygens (including phenoxy) is 1. The van der Waals surface area contributed by atoms with E-state index in [1.165, 1.54) is 38.8 Å². The Morgan fingerprint density at radius 1 is 1.16 bits per heavy atom. The number of Topliss-reactive ketones (excluding diaryl/α,β-unsaturated/α-hetero) is 1. The highest BCUT2D eigenvalue weighted by atomic mass is 16.5. The predicted octanol–water partition coefficient (Wildman–Crippen LogP) is 4.07. The van der Waals surface area contributed by atoms with E-state index in [2.05, 4.69) is 20.2 Å². The maximum absolute atomic E-state index is 12.7. The van der Waals surface area contributed by atoms with E-state index >= 15 is 0 Å². The number of pyridine rings is 1. The molecule has 170 valence electrons. The first-order chi connectivity index (χ1) is 15.7. The third-order valence-corrected chi connectivity index (χ3v) is 6.61. The van der Waals surface area contributed by atoms with Gasteiger partial charge in [-0.15, -0.1) is 0 Å². The van der Waals surface area contributed by atoms with Crippen LogP contribution in [0.2, 0.25) is 0 Å². The van der Waals surface area contributed by atoms with Crippen LogP contribution in [0.1, 0.15) is 71.4 Å². The van der Waals surface area contributed by atoms with Crippen LogP contribution < -0.4 is 10.1 Å². The summed E-state index contributed by atoms with van der Waals surface area (Å²) in [6, 6.07) is 3.56. The van der Waals surface area contributed by atoms with Gasteiger partial charge in [-0.25, -0.2) is 4.98 Å². The predicted molar refractivity (Wildman–Crippen MR) is 122 cm³/mol. The van der Waals surface area contributed by atoms with Gasteiger partial charge in [0, 0.05) is 44.0 Å². The number of carbonyl (C=O) groups excluding carboxylic acids is 2. The van der Waals surface area contributed by atoms with E-state index in [-0.39, 0.29) is 11.7 Å². The van der Waals surface area contributed by atoms with Crippen LogP contribution >= 0.6 is 0 Å². The molecule has 7 heteroatoms. The number of hydrogen-bond donors (Lipinski definition) is 2. The minimum Gasteiger partial charge on any atom is -0.478 e. The van der Waals surface area contributed by atoms with Crippen LogP contribution in [0.5, 0.6) is 5.88 Å². The zero-order chi connectivity index (χ0) is 21.9. The number of fused-ring (bicyclic) bond motifs is 1. The van der Waals surface area contributed by atoms with Crippen LogP contribution in [-0.4, -0.2) is 52.8 Å². The molecule has 1 amide bonds. The molecule has 0 aliphatic heterocycles. The van der Waals surface area contributed by atoms with Crippen molar-refractivity contribution < 1.29 is 14.3 Å². The maximum atomic E-state index is 12.7. The first kappa shape index (κ1) is 21.2. The number of nitrogens with one attached hydrogen (secondary N) is 2. The Morgan fingerprint density at radius 2 is 1.94 bits per heavy atom. The molecule has 2 fully saturated rings. The molecular formula is C25H32N4O3. The van der Waals surface area contributed by atoms with Crippen molar-refractivity contribution in [2.45, 2.75) is 51.4 Å². The fourth-order valence-electron chi connectivity index (χ4n) is 4.50. The van der Waals surface area contributed by atoms with Crippen molar-refractivity contribution in [1.82, 2.24) is 14.9 Å². The van der Waals surface area contributed by atoms with Crippen LogP contribution in [-0.2, 0) is 6.42 Å². The van der Waals surface area contributed by atoms with Crippen molar-refractivity contribution >= 4 is 17.4 Å². The van der Waals surface area contributed by atoms with Crippen LogP contribution in [0.25, 0.3) is 0 Å². The summed E-state index contributed by atoms with van der Waals surface area (Å²) in [6.45, 7) is 4.22.